The van der Waals surface area contributed by atoms with Crippen LogP contribution in [0, 0.1) is 6.92 Å². The predicted molar refractivity (Wildman–Crippen MR) is 122 cm³/mol. The van der Waals surface area contributed by atoms with Crippen LogP contribution in [0.25, 0.3) is 11.2 Å². The molecule has 0 aliphatic carbocycles. The molecule has 4 aromatic rings. The van der Waals surface area contributed by atoms with Crippen LogP contribution in [0.2, 0.25) is 5.02 Å². The molecular weight excluding hydrogens is 420 g/mol. The van der Waals surface area contributed by atoms with Crippen molar-refractivity contribution in [2.24, 2.45) is 14.1 Å². The van der Waals surface area contributed by atoms with Gasteiger partial charge in [0.15, 0.2) is 16.3 Å². The van der Waals surface area contributed by atoms with E-state index in [1.54, 1.807) is 7.05 Å². The van der Waals surface area contributed by atoms with Gasteiger partial charge in [-0.3, -0.25) is 13.9 Å². The molecule has 0 saturated carbocycles. The van der Waals surface area contributed by atoms with E-state index in [-0.39, 0.29) is 5.56 Å². The van der Waals surface area contributed by atoms with Crippen LogP contribution in [0.3, 0.4) is 0 Å². The Kier molecular flexibility index (Phi) is 5.58. The molecule has 2 aromatic carbocycles. The minimum Gasteiger partial charge on any atom is -0.309 e. The van der Waals surface area contributed by atoms with E-state index in [4.69, 9.17) is 11.6 Å². The van der Waals surface area contributed by atoms with Crippen LogP contribution >= 0.6 is 23.4 Å². The largest absolute Gasteiger partial charge is 0.332 e. The zero-order chi connectivity index (χ0) is 21.4. The molecule has 0 aliphatic rings. The molecule has 0 saturated heterocycles. The quantitative estimate of drug-likeness (QED) is 0.443. The Labute approximate surface area is 182 Å². The monoisotopic (exact) mass is 440 g/mol. The highest BCUT2D eigenvalue weighted by molar-refractivity contribution is 7.98. The predicted octanol–water partition coefficient (Wildman–Crippen LogP) is 3.74. The van der Waals surface area contributed by atoms with Gasteiger partial charge in [0, 0.05) is 24.9 Å². The average molecular weight is 441 g/mol. The molecule has 0 amide bonds. The lowest BCUT2D eigenvalue weighted by Gasteiger charge is -2.11. The van der Waals surface area contributed by atoms with Crippen molar-refractivity contribution in [1.29, 1.82) is 0 Å². The summed E-state index contributed by atoms with van der Waals surface area (Å²) < 4.78 is 4.38. The average Bonchev–Trinajstić information content (AvgIpc) is 3.10. The topological polar surface area (TPSA) is 61.8 Å². The van der Waals surface area contributed by atoms with Gasteiger partial charge < -0.3 is 4.57 Å². The maximum absolute atomic E-state index is 13.0. The maximum atomic E-state index is 13.0. The molecule has 154 valence electrons. The van der Waals surface area contributed by atoms with Crippen molar-refractivity contribution in [3.63, 3.8) is 0 Å². The van der Waals surface area contributed by atoms with Gasteiger partial charge in [0.25, 0.3) is 5.56 Å². The van der Waals surface area contributed by atoms with Gasteiger partial charge >= 0.3 is 5.69 Å². The fraction of sp³-hybridized carbons (Fsp3) is 0.227. The summed E-state index contributed by atoms with van der Waals surface area (Å²) in [7, 11) is 3.11. The fourth-order valence-electron chi connectivity index (χ4n) is 3.31. The normalized spacial score (nSPS) is 11.3. The van der Waals surface area contributed by atoms with E-state index in [1.165, 1.54) is 28.9 Å². The van der Waals surface area contributed by atoms with Crippen LogP contribution in [0.15, 0.2) is 63.3 Å². The Morgan fingerprint density at radius 2 is 1.70 bits per heavy atom. The Morgan fingerprint density at radius 3 is 2.40 bits per heavy atom. The Morgan fingerprint density at radius 1 is 1.00 bits per heavy atom. The number of thioether (sulfide) groups is 1. The van der Waals surface area contributed by atoms with Gasteiger partial charge in [-0.15, -0.1) is 0 Å². The first-order chi connectivity index (χ1) is 14.4. The van der Waals surface area contributed by atoms with Gasteiger partial charge in [0.2, 0.25) is 0 Å². The molecule has 0 unspecified atom stereocenters. The van der Waals surface area contributed by atoms with Crippen molar-refractivity contribution in [2.75, 3.05) is 0 Å². The van der Waals surface area contributed by atoms with Crippen LogP contribution in [0.4, 0.5) is 0 Å². The van der Waals surface area contributed by atoms with E-state index in [2.05, 4.69) is 36.2 Å². The molecule has 0 radical (unpaired) electrons. The van der Waals surface area contributed by atoms with Gasteiger partial charge in [-0.1, -0.05) is 71.4 Å². The molecule has 0 spiro atoms. The summed E-state index contributed by atoms with van der Waals surface area (Å²) in [5.41, 5.74) is 3.25. The van der Waals surface area contributed by atoms with Gasteiger partial charge in [-0.2, -0.15) is 0 Å². The second-order valence-corrected chi connectivity index (χ2v) is 8.57. The molecule has 0 N–H and O–H groups in total. The highest BCUT2D eigenvalue weighted by Crippen LogP contribution is 2.27. The van der Waals surface area contributed by atoms with Crippen molar-refractivity contribution in [1.82, 2.24) is 18.7 Å². The molecule has 6 nitrogen and oxygen atoms in total. The van der Waals surface area contributed by atoms with Crippen molar-refractivity contribution in [2.45, 2.75) is 24.4 Å². The number of nitrogens with zero attached hydrogens (tertiary/aromatic N) is 4. The lowest BCUT2D eigenvalue weighted by Crippen LogP contribution is -2.37. The summed E-state index contributed by atoms with van der Waals surface area (Å²) in [4.78, 5) is 30.0. The summed E-state index contributed by atoms with van der Waals surface area (Å²) in [5, 5.41) is 1.29. The first-order valence-corrected chi connectivity index (χ1v) is 10.8. The number of aryl methyl sites for hydroxylation is 2. The first-order valence-electron chi connectivity index (χ1n) is 9.45. The summed E-state index contributed by atoms with van der Waals surface area (Å²) in [5.74, 6) is 0.695. The zero-order valence-corrected chi connectivity index (χ0v) is 18.5. The number of hydrogen-bond donors (Lipinski definition) is 0. The van der Waals surface area contributed by atoms with Crippen molar-refractivity contribution in [3.8, 4) is 0 Å². The van der Waals surface area contributed by atoms with E-state index in [0.29, 0.717) is 33.6 Å². The third-order valence-electron chi connectivity index (χ3n) is 5.09. The third kappa shape index (κ3) is 3.70. The number of rotatable bonds is 5. The Balaban J connectivity index is 1.85. The van der Waals surface area contributed by atoms with E-state index in [1.807, 2.05) is 28.8 Å². The molecular formula is C22H21ClN4O2S. The number of fused-ring (bicyclic) bond motifs is 1. The van der Waals surface area contributed by atoms with Crippen LogP contribution in [-0.4, -0.2) is 18.7 Å². The minimum absolute atomic E-state index is 0.366. The molecule has 8 heteroatoms. The third-order valence-corrected chi connectivity index (χ3v) is 6.50. The van der Waals surface area contributed by atoms with E-state index < -0.39 is 5.69 Å². The summed E-state index contributed by atoms with van der Waals surface area (Å²) in [6, 6.07) is 15.8. The van der Waals surface area contributed by atoms with E-state index in [0.717, 1.165) is 15.7 Å². The molecule has 4 rings (SSSR count). The highest BCUT2D eigenvalue weighted by Gasteiger charge is 2.20. The molecule has 2 aromatic heterocycles. The van der Waals surface area contributed by atoms with Gasteiger partial charge in [-0.05, 0) is 24.1 Å². The van der Waals surface area contributed by atoms with Crippen molar-refractivity contribution in [3.05, 3.63) is 91.1 Å². The second kappa shape index (κ2) is 8.16. The van der Waals surface area contributed by atoms with Crippen LogP contribution in [0.1, 0.15) is 16.7 Å². The van der Waals surface area contributed by atoms with Crippen LogP contribution in [-0.2, 0) is 26.4 Å². The number of benzene rings is 2. The zero-order valence-electron chi connectivity index (χ0n) is 16.9. The number of imidazole rings is 1. The van der Waals surface area contributed by atoms with Crippen molar-refractivity contribution < 1.29 is 0 Å². The summed E-state index contributed by atoms with van der Waals surface area (Å²) in [6.07, 6.45) is 0. The number of halogens is 1. The van der Waals surface area contributed by atoms with E-state index in [9.17, 15) is 9.59 Å². The number of hydrogen-bond acceptors (Lipinski definition) is 4. The SMILES string of the molecule is Cc1ccc(CSc2nc3c(c(=O)n(C)c(=O)n3C)n2Cc2ccccc2Cl)cc1. The first kappa shape index (κ1) is 20.5. The van der Waals surface area contributed by atoms with Crippen LogP contribution in [0.5, 0.6) is 0 Å². The lowest BCUT2D eigenvalue weighted by molar-refractivity contribution is 0.696. The number of aromatic nitrogens is 4. The maximum Gasteiger partial charge on any atom is 0.332 e. The lowest BCUT2D eigenvalue weighted by atomic mass is 10.2. The van der Waals surface area contributed by atoms with Gasteiger partial charge in [-0.25, -0.2) is 9.78 Å². The molecule has 30 heavy (non-hydrogen) atoms. The standard InChI is InChI=1S/C22H21ClN4O2S/c1-14-8-10-15(11-9-14)13-30-21-24-19-18(20(28)26(3)22(29)25(19)2)27(21)12-16-6-4-5-7-17(16)23/h4-11H,12-13H2,1-3H3. The Bertz CT molecular complexity index is 1350. The minimum atomic E-state index is -0.398. The fourth-order valence-corrected chi connectivity index (χ4v) is 4.46. The molecule has 0 atom stereocenters. The Hall–Kier alpha value is -2.77. The molecule has 0 aliphatic heterocycles. The summed E-state index contributed by atoms with van der Waals surface area (Å²) in [6.45, 7) is 2.44. The van der Waals surface area contributed by atoms with Gasteiger partial charge in [0.1, 0.15) is 0 Å². The van der Waals surface area contributed by atoms with Gasteiger partial charge in [0.05, 0.1) is 6.54 Å². The smallest absolute Gasteiger partial charge is 0.309 e. The molecule has 0 fully saturated rings. The summed E-state index contributed by atoms with van der Waals surface area (Å²) >= 11 is 7.91. The van der Waals surface area contributed by atoms with Crippen LogP contribution < -0.4 is 11.2 Å². The molecule has 2 heterocycles. The van der Waals surface area contributed by atoms with Crippen molar-refractivity contribution >= 4 is 34.5 Å². The van der Waals surface area contributed by atoms with E-state index >= 15 is 0 Å². The molecule has 0 bridgehead atoms. The second-order valence-electron chi connectivity index (χ2n) is 7.22. The highest BCUT2D eigenvalue weighted by atomic mass is 35.5.